The predicted molar refractivity (Wildman–Crippen MR) is 112 cm³/mol. The van der Waals surface area contributed by atoms with Gasteiger partial charge in [0, 0.05) is 24.0 Å². The van der Waals surface area contributed by atoms with Crippen molar-refractivity contribution < 1.29 is 19.4 Å². The maximum absolute atomic E-state index is 11.0. The maximum Gasteiger partial charge on any atom is 0.337 e. The van der Waals surface area contributed by atoms with Crippen LogP contribution in [0.15, 0.2) is 54.7 Å². The number of nitrogens with one attached hydrogen (secondary N) is 1. The van der Waals surface area contributed by atoms with Gasteiger partial charge in [0.25, 0.3) is 0 Å². The molecule has 0 aliphatic rings. The van der Waals surface area contributed by atoms with E-state index in [2.05, 4.69) is 10.3 Å². The highest BCUT2D eigenvalue weighted by molar-refractivity contribution is 6.33. The first-order valence-electron chi connectivity index (χ1n) is 8.63. The van der Waals surface area contributed by atoms with E-state index in [4.69, 9.17) is 37.8 Å². The Kier molecular flexibility index (Phi) is 6.80. The number of ether oxygens (including phenoxy) is 2. The normalized spacial score (nSPS) is 10.4. The number of rotatable bonds is 8. The minimum atomic E-state index is -1.06. The largest absolute Gasteiger partial charge is 0.493 e. The van der Waals surface area contributed by atoms with E-state index in [9.17, 15) is 4.79 Å². The molecule has 150 valence electrons. The van der Waals surface area contributed by atoms with Crippen molar-refractivity contribution in [2.24, 2.45) is 0 Å². The summed E-state index contributed by atoms with van der Waals surface area (Å²) < 4.78 is 11.3. The van der Waals surface area contributed by atoms with Crippen molar-refractivity contribution in [3.8, 4) is 11.5 Å². The highest BCUT2D eigenvalue weighted by atomic mass is 35.5. The summed E-state index contributed by atoms with van der Waals surface area (Å²) in [5, 5.41) is 12.9. The number of anilines is 1. The van der Waals surface area contributed by atoms with Crippen LogP contribution in [0.25, 0.3) is 0 Å². The highest BCUT2D eigenvalue weighted by Crippen LogP contribution is 2.29. The Morgan fingerprint density at radius 1 is 1.07 bits per heavy atom. The van der Waals surface area contributed by atoms with Crippen molar-refractivity contribution in [1.82, 2.24) is 4.98 Å². The van der Waals surface area contributed by atoms with Gasteiger partial charge in [-0.3, -0.25) is 0 Å². The van der Waals surface area contributed by atoms with E-state index < -0.39 is 5.97 Å². The predicted octanol–water partition coefficient (Wildman–Crippen LogP) is 5.29. The molecule has 3 aromatic rings. The Balaban J connectivity index is 1.64. The summed E-state index contributed by atoms with van der Waals surface area (Å²) in [5.41, 5.74) is 2.63. The molecule has 0 saturated heterocycles. The van der Waals surface area contributed by atoms with Crippen molar-refractivity contribution in [2.45, 2.75) is 13.2 Å². The lowest BCUT2D eigenvalue weighted by Crippen LogP contribution is -2.03. The Bertz CT molecular complexity index is 1010. The zero-order valence-electron chi connectivity index (χ0n) is 15.5. The molecule has 1 aromatic heterocycles. The smallest absolute Gasteiger partial charge is 0.337 e. The molecule has 2 N–H and O–H groups in total. The quantitative estimate of drug-likeness (QED) is 0.470. The molecule has 2 aromatic carbocycles. The van der Waals surface area contributed by atoms with E-state index >= 15 is 0 Å². The molecule has 0 unspecified atom stereocenters. The van der Waals surface area contributed by atoms with Gasteiger partial charge in [-0.1, -0.05) is 35.3 Å². The van der Waals surface area contributed by atoms with Crippen molar-refractivity contribution in [3.05, 3.63) is 81.6 Å². The van der Waals surface area contributed by atoms with Crippen LogP contribution in [-0.2, 0) is 13.2 Å². The number of hydrogen-bond acceptors (Lipinski definition) is 5. The monoisotopic (exact) mass is 432 g/mol. The van der Waals surface area contributed by atoms with Crippen LogP contribution in [0.2, 0.25) is 10.2 Å². The first kappa shape index (κ1) is 20.8. The number of carboxylic acids is 1. The summed E-state index contributed by atoms with van der Waals surface area (Å²) in [6.45, 7) is 0.840. The number of methoxy groups -OCH3 is 1. The molecule has 0 amide bonds. The van der Waals surface area contributed by atoms with Gasteiger partial charge in [-0.25, -0.2) is 9.78 Å². The fourth-order valence-electron chi connectivity index (χ4n) is 2.60. The molecule has 0 bridgehead atoms. The first-order valence-corrected chi connectivity index (χ1v) is 9.38. The second-order valence-corrected chi connectivity index (χ2v) is 6.91. The SMILES string of the molecule is COc1cc(CNc2ccc(C(=O)O)c(Cl)c2)ccc1OCc1ccc(Cl)nc1. The fourth-order valence-corrected chi connectivity index (χ4v) is 2.97. The van der Waals surface area contributed by atoms with Gasteiger partial charge in [0.1, 0.15) is 11.8 Å². The minimum Gasteiger partial charge on any atom is -0.493 e. The molecular formula is C21H18Cl2N2O4. The summed E-state index contributed by atoms with van der Waals surface area (Å²) in [6, 6.07) is 13.9. The second-order valence-electron chi connectivity index (χ2n) is 6.12. The molecule has 0 fully saturated rings. The minimum absolute atomic E-state index is 0.0660. The number of nitrogens with zero attached hydrogens (tertiary/aromatic N) is 1. The lowest BCUT2D eigenvalue weighted by molar-refractivity contribution is 0.0697. The average Bonchev–Trinajstić information content (AvgIpc) is 2.72. The topological polar surface area (TPSA) is 80.7 Å². The van der Waals surface area contributed by atoms with Gasteiger partial charge >= 0.3 is 5.97 Å². The second kappa shape index (κ2) is 9.49. The maximum atomic E-state index is 11.0. The number of aromatic nitrogens is 1. The molecule has 0 aliphatic heterocycles. The van der Waals surface area contributed by atoms with E-state index in [0.29, 0.717) is 29.8 Å². The number of halogens is 2. The Morgan fingerprint density at radius 2 is 1.86 bits per heavy atom. The van der Waals surface area contributed by atoms with Crippen molar-refractivity contribution >= 4 is 34.9 Å². The molecule has 0 radical (unpaired) electrons. The van der Waals surface area contributed by atoms with Crippen LogP contribution in [0.3, 0.4) is 0 Å². The summed E-state index contributed by atoms with van der Waals surface area (Å²) in [6.07, 6.45) is 1.66. The van der Waals surface area contributed by atoms with E-state index in [1.165, 1.54) is 6.07 Å². The summed E-state index contributed by atoms with van der Waals surface area (Å²) in [5.74, 6) is 0.154. The summed E-state index contributed by atoms with van der Waals surface area (Å²) >= 11 is 11.8. The van der Waals surface area contributed by atoms with E-state index in [0.717, 1.165) is 16.8 Å². The number of benzene rings is 2. The summed E-state index contributed by atoms with van der Waals surface area (Å²) in [4.78, 5) is 15.1. The lowest BCUT2D eigenvalue weighted by Gasteiger charge is -2.13. The van der Waals surface area contributed by atoms with Crippen LogP contribution >= 0.6 is 23.2 Å². The number of aromatic carboxylic acids is 1. The molecule has 0 saturated carbocycles. The van der Waals surface area contributed by atoms with Gasteiger partial charge in [0.15, 0.2) is 11.5 Å². The third-order valence-electron chi connectivity index (χ3n) is 4.11. The third-order valence-corrected chi connectivity index (χ3v) is 4.64. The van der Waals surface area contributed by atoms with Crippen molar-refractivity contribution in [2.75, 3.05) is 12.4 Å². The Morgan fingerprint density at radius 3 is 2.52 bits per heavy atom. The van der Waals surface area contributed by atoms with Crippen molar-refractivity contribution in [3.63, 3.8) is 0 Å². The van der Waals surface area contributed by atoms with Crippen LogP contribution in [0.4, 0.5) is 5.69 Å². The van der Waals surface area contributed by atoms with Crippen LogP contribution in [0.1, 0.15) is 21.5 Å². The highest BCUT2D eigenvalue weighted by Gasteiger charge is 2.10. The number of carboxylic acid groups (broad SMARTS) is 1. The molecule has 0 atom stereocenters. The molecular weight excluding hydrogens is 415 g/mol. The average molecular weight is 433 g/mol. The molecule has 3 rings (SSSR count). The van der Waals surface area contributed by atoms with Crippen molar-refractivity contribution in [1.29, 1.82) is 0 Å². The molecule has 0 spiro atoms. The zero-order valence-corrected chi connectivity index (χ0v) is 17.0. The van der Waals surface area contributed by atoms with E-state index in [1.807, 2.05) is 24.3 Å². The Labute approximate surface area is 178 Å². The van der Waals surface area contributed by atoms with Gasteiger partial charge in [0.05, 0.1) is 17.7 Å². The van der Waals surface area contributed by atoms with Crippen LogP contribution < -0.4 is 14.8 Å². The number of pyridine rings is 1. The van der Waals surface area contributed by atoms with Gasteiger partial charge in [-0.2, -0.15) is 0 Å². The fraction of sp³-hybridized carbons (Fsp3) is 0.143. The van der Waals surface area contributed by atoms with Gasteiger partial charge in [-0.15, -0.1) is 0 Å². The Hall–Kier alpha value is -2.96. The molecule has 6 nitrogen and oxygen atoms in total. The zero-order chi connectivity index (χ0) is 20.8. The molecule has 1 heterocycles. The summed E-state index contributed by atoms with van der Waals surface area (Å²) in [7, 11) is 1.58. The van der Waals surface area contributed by atoms with E-state index in [1.54, 1.807) is 31.5 Å². The molecule has 29 heavy (non-hydrogen) atoms. The standard InChI is InChI=1S/C21H18Cl2N2O4/c1-28-19-8-13(10-24-15-4-5-16(21(26)27)17(22)9-15)2-6-18(19)29-12-14-3-7-20(23)25-11-14/h2-9,11,24H,10,12H2,1H3,(H,26,27). The van der Waals surface area contributed by atoms with Gasteiger partial charge in [-0.05, 0) is 42.0 Å². The first-order chi connectivity index (χ1) is 14.0. The van der Waals surface area contributed by atoms with Crippen LogP contribution in [-0.4, -0.2) is 23.2 Å². The van der Waals surface area contributed by atoms with Crippen LogP contribution in [0.5, 0.6) is 11.5 Å². The number of carbonyl (C=O) groups is 1. The molecule has 0 aliphatic carbocycles. The van der Waals surface area contributed by atoms with Crippen LogP contribution in [0, 0.1) is 0 Å². The van der Waals surface area contributed by atoms with Gasteiger partial charge in [0.2, 0.25) is 0 Å². The lowest BCUT2D eigenvalue weighted by atomic mass is 10.1. The number of hydrogen-bond donors (Lipinski definition) is 2. The van der Waals surface area contributed by atoms with E-state index in [-0.39, 0.29) is 10.6 Å². The molecule has 8 heteroatoms. The van der Waals surface area contributed by atoms with Gasteiger partial charge < -0.3 is 19.9 Å². The third kappa shape index (κ3) is 5.53.